The van der Waals surface area contributed by atoms with Gasteiger partial charge in [0.2, 0.25) is 0 Å². The predicted octanol–water partition coefficient (Wildman–Crippen LogP) is 5.99. The highest BCUT2D eigenvalue weighted by Gasteiger charge is 2.16. The third-order valence-corrected chi connectivity index (χ3v) is 5.25. The van der Waals surface area contributed by atoms with Crippen LogP contribution < -0.4 is 0 Å². The first-order valence-corrected chi connectivity index (χ1v) is 9.16. The lowest BCUT2D eigenvalue weighted by Gasteiger charge is -2.08. The molecular weight excluding hydrogens is 346 g/mol. The number of aromatic nitrogens is 3. The fraction of sp³-hybridized carbons (Fsp3) is 0. The molecule has 0 fully saturated rings. The van der Waals surface area contributed by atoms with E-state index in [9.17, 15) is 0 Å². The molecule has 4 heteroatoms. The van der Waals surface area contributed by atoms with Crippen LogP contribution in [0.2, 0.25) is 0 Å². The van der Waals surface area contributed by atoms with Crippen molar-refractivity contribution in [2.24, 2.45) is 0 Å². The van der Waals surface area contributed by atoms with Crippen LogP contribution in [0.1, 0.15) is 0 Å². The molecule has 0 spiro atoms. The molecule has 4 heterocycles. The zero-order valence-electron chi connectivity index (χ0n) is 14.9. The topological polar surface area (TPSA) is 43.9 Å². The van der Waals surface area contributed by atoms with E-state index >= 15 is 0 Å². The summed E-state index contributed by atoms with van der Waals surface area (Å²) in [4.78, 5) is 8.86. The maximum atomic E-state index is 5.83. The van der Waals surface area contributed by atoms with E-state index in [2.05, 4.69) is 58.1 Å². The highest BCUT2D eigenvalue weighted by Crippen LogP contribution is 2.36. The summed E-state index contributed by atoms with van der Waals surface area (Å²) in [5, 5.41) is 3.40. The van der Waals surface area contributed by atoms with Crippen molar-refractivity contribution in [2.45, 2.75) is 0 Å². The summed E-state index contributed by atoms with van der Waals surface area (Å²) in [7, 11) is 0. The summed E-state index contributed by atoms with van der Waals surface area (Å²) >= 11 is 0. The highest BCUT2D eigenvalue weighted by atomic mass is 16.3. The van der Waals surface area contributed by atoms with Crippen molar-refractivity contribution in [3.63, 3.8) is 0 Å². The van der Waals surface area contributed by atoms with Crippen LogP contribution in [0.25, 0.3) is 49.7 Å². The first-order valence-electron chi connectivity index (χ1n) is 9.16. The Morgan fingerprint density at radius 3 is 2.50 bits per heavy atom. The lowest BCUT2D eigenvalue weighted by Crippen LogP contribution is -1.97. The van der Waals surface area contributed by atoms with E-state index < -0.39 is 0 Å². The lowest BCUT2D eigenvalue weighted by molar-refractivity contribution is 0.619. The first kappa shape index (κ1) is 15.2. The van der Waals surface area contributed by atoms with Gasteiger partial charge in [0.05, 0.1) is 22.7 Å². The number of fused-ring (bicyclic) bond motifs is 5. The average Bonchev–Trinajstić information content (AvgIpc) is 3.36. The molecule has 0 aliphatic rings. The molecule has 2 aromatic carbocycles. The minimum Gasteiger partial charge on any atom is -0.464 e. The van der Waals surface area contributed by atoms with Crippen LogP contribution >= 0.6 is 0 Å². The molecule has 0 aliphatic carbocycles. The van der Waals surface area contributed by atoms with Gasteiger partial charge >= 0.3 is 0 Å². The maximum absolute atomic E-state index is 5.83. The summed E-state index contributed by atoms with van der Waals surface area (Å²) in [5.74, 6) is 0.884. The quantitative estimate of drug-likeness (QED) is 0.381. The zero-order valence-corrected chi connectivity index (χ0v) is 14.9. The van der Waals surface area contributed by atoms with Crippen LogP contribution in [-0.4, -0.2) is 14.5 Å². The van der Waals surface area contributed by atoms with Gasteiger partial charge in [-0.05, 0) is 54.1 Å². The van der Waals surface area contributed by atoms with Gasteiger partial charge in [0.15, 0.2) is 0 Å². The fourth-order valence-corrected chi connectivity index (χ4v) is 3.96. The molecule has 132 valence electrons. The van der Waals surface area contributed by atoms with Gasteiger partial charge in [-0.15, -0.1) is 0 Å². The molecule has 6 aromatic rings. The van der Waals surface area contributed by atoms with E-state index in [1.54, 1.807) is 18.7 Å². The Kier molecular flexibility index (Phi) is 3.14. The fourth-order valence-electron chi connectivity index (χ4n) is 3.96. The summed E-state index contributed by atoms with van der Waals surface area (Å²) in [6.07, 6.45) is 7.25. The lowest BCUT2D eigenvalue weighted by atomic mass is 10.1. The van der Waals surface area contributed by atoms with Crippen molar-refractivity contribution in [3.05, 3.63) is 91.6 Å². The molecule has 0 unspecified atom stereocenters. The SMILES string of the molecule is c1ccc2c(c1)c1c3occc3ccc1n2-c1ccc(-c2ccncc2)cn1. The third kappa shape index (κ3) is 2.12. The molecular formula is C24H15N3O. The van der Waals surface area contributed by atoms with Crippen molar-refractivity contribution < 1.29 is 4.42 Å². The normalized spacial score (nSPS) is 11.6. The van der Waals surface area contributed by atoms with Crippen molar-refractivity contribution >= 4 is 32.8 Å². The Morgan fingerprint density at radius 1 is 0.750 bits per heavy atom. The number of hydrogen-bond donors (Lipinski definition) is 0. The predicted molar refractivity (Wildman–Crippen MR) is 112 cm³/mol. The number of furan rings is 1. The number of nitrogens with zero attached hydrogens (tertiary/aromatic N) is 3. The van der Waals surface area contributed by atoms with E-state index in [-0.39, 0.29) is 0 Å². The minimum absolute atomic E-state index is 0.884. The molecule has 0 amide bonds. The summed E-state index contributed by atoms with van der Waals surface area (Å²) in [6, 6.07) is 22.8. The van der Waals surface area contributed by atoms with Crippen LogP contribution in [0.3, 0.4) is 0 Å². The van der Waals surface area contributed by atoms with Crippen LogP contribution in [0, 0.1) is 0 Å². The molecule has 0 N–H and O–H groups in total. The van der Waals surface area contributed by atoms with E-state index in [1.807, 2.05) is 24.4 Å². The summed E-state index contributed by atoms with van der Waals surface area (Å²) in [5.41, 5.74) is 5.30. The van der Waals surface area contributed by atoms with Gasteiger partial charge in [-0.2, -0.15) is 0 Å². The van der Waals surface area contributed by atoms with Crippen LogP contribution in [-0.2, 0) is 0 Å². The minimum atomic E-state index is 0.884. The largest absolute Gasteiger partial charge is 0.464 e. The van der Waals surface area contributed by atoms with Crippen molar-refractivity contribution in [1.29, 1.82) is 0 Å². The molecule has 0 saturated heterocycles. The molecule has 28 heavy (non-hydrogen) atoms. The molecule has 0 atom stereocenters. The Bertz CT molecular complexity index is 1440. The first-order chi connectivity index (χ1) is 13.9. The Hall–Kier alpha value is -3.92. The number of hydrogen-bond acceptors (Lipinski definition) is 3. The zero-order chi connectivity index (χ0) is 18.5. The monoisotopic (exact) mass is 361 g/mol. The summed E-state index contributed by atoms with van der Waals surface area (Å²) < 4.78 is 8.02. The smallest absolute Gasteiger partial charge is 0.143 e. The summed E-state index contributed by atoms with van der Waals surface area (Å²) in [6.45, 7) is 0. The standard InChI is InChI=1S/C24H15N3O/c1-2-4-20-19(3-1)23-21(7-5-17-11-14-28-24(17)23)27(20)22-8-6-18(15-26-22)16-9-12-25-13-10-16/h1-15H. The van der Waals surface area contributed by atoms with E-state index in [0.717, 1.165) is 49.7 Å². The number of pyridine rings is 2. The average molecular weight is 361 g/mol. The van der Waals surface area contributed by atoms with Crippen LogP contribution in [0.4, 0.5) is 0 Å². The van der Waals surface area contributed by atoms with Gasteiger partial charge in [0.1, 0.15) is 11.4 Å². The van der Waals surface area contributed by atoms with Crippen molar-refractivity contribution in [3.8, 4) is 16.9 Å². The van der Waals surface area contributed by atoms with Gasteiger partial charge in [0, 0.05) is 34.9 Å². The van der Waals surface area contributed by atoms with Crippen molar-refractivity contribution in [2.75, 3.05) is 0 Å². The second-order valence-corrected chi connectivity index (χ2v) is 6.79. The molecule has 0 bridgehead atoms. The molecule has 0 aliphatic heterocycles. The number of benzene rings is 2. The van der Waals surface area contributed by atoms with Gasteiger partial charge in [-0.25, -0.2) is 4.98 Å². The Labute approximate surface area is 160 Å². The van der Waals surface area contributed by atoms with Gasteiger partial charge in [-0.3, -0.25) is 9.55 Å². The second kappa shape index (κ2) is 5.79. The molecule has 6 rings (SSSR count). The maximum Gasteiger partial charge on any atom is 0.143 e. The van der Waals surface area contributed by atoms with E-state index in [1.165, 1.54) is 0 Å². The molecule has 0 saturated carbocycles. The van der Waals surface area contributed by atoms with E-state index in [0.29, 0.717) is 0 Å². The number of rotatable bonds is 2. The third-order valence-electron chi connectivity index (χ3n) is 5.25. The second-order valence-electron chi connectivity index (χ2n) is 6.79. The van der Waals surface area contributed by atoms with Crippen LogP contribution in [0.15, 0.2) is 96.0 Å². The number of para-hydroxylation sites is 1. The molecule has 0 radical (unpaired) electrons. The Morgan fingerprint density at radius 2 is 1.64 bits per heavy atom. The highest BCUT2D eigenvalue weighted by molar-refractivity contribution is 6.19. The van der Waals surface area contributed by atoms with Gasteiger partial charge < -0.3 is 4.42 Å². The van der Waals surface area contributed by atoms with Gasteiger partial charge in [0.25, 0.3) is 0 Å². The van der Waals surface area contributed by atoms with Crippen molar-refractivity contribution in [1.82, 2.24) is 14.5 Å². The van der Waals surface area contributed by atoms with Gasteiger partial charge in [-0.1, -0.05) is 18.2 Å². The van der Waals surface area contributed by atoms with E-state index in [4.69, 9.17) is 9.40 Å². The van der Waals surface area contributed by atoms with Crippen LogP contribution in [0.5, 0.6) is 0 Å². The molecule has 4 nitrogen and oxygen atoms in total. The Balaban J connectivity index is 1.63. The molecule has 4 aromatic heterocycles.